The van der Waals surface area contributed by atoms with Gasteiger partial charge in [-0.25, -0.2) is 4.79 Å². The number of rotatable bonds is 17. The van der Waals surface area contributed by atoms with Gasteiger partial charge in [-0.3, -0.25) is 0 Å². The topological polar surface area (TPSA) is 54.0 Å². The molecule has 1 fully saturated rings. The van der Waals surface area contributed by atoms with Crippen molar-refractivity contribution in [3.8, 4) is 0 Å². The van der Waals surface area contributed by atoms with Crippen molar-refractivity contribution in [3.63, 3.8) is 0 Å². The minimum absolute atomic E-state index is 0.170. The van der Waals surface area contributed by atoms with Gasteiger partial charge in [0.05, 0.1) is 13.2 Å². The lowest BCUT2D eigenvalue weighted by molar-refractivity contribution is -0.0704. The summed E-state index contributed by atoms with van der Waals surface area (Å²) in [6, 6.07) is 52.5. The van der Waals surface area contributed by atoms with Crippen LogP contribution in [0.15, 0.2) is 152 Å². The van der Waals surface area contributed by atoms with E-state index in [1.807, 2.05) is 37.3 Å². The summed E-state index contributed by atoms with van der Waals surface area (Å²) in [5.74, 6) is -0.170. The third-order valence-electron chi connectivity index (χ3n) is 11.0. The number of unbranched alkanes of at least 4 members (excludes halogenated alkanes) is 3. The predicted molar refractivity (Wildman–Crippen MR) is 221 cm³/mol. The van der Waals surface area contributed by atoms with Gasteiger partial charge in [-0.05, 0) is 45.4 Å². The first kappa shape index (κ1) is 39.2. The molecule has 6 rings (SSSR count). The molecule has 1 aliphatic rings. The molecule has 0 aromatic heterocycles. The fraction of sp³-hybridized carbons (Fsp3) is 0.354. The minimum Gasteiger partial charge on any atom is -0.426 e. The van der Waals surface area contributed by atoms with Gasteiger partial charge >= 0.3 is 6.16 Å². The van der Waals surface area contributed by atoms with E-state index in [0.29, 0.717) is 6.61 Å². The molecule has 1 aliphatic heterocycles. The number of hydrogen-bond donors (Lipinski definition) is 0. The highest BCUT2D eigenvalue weighted by atomic mass is 28.4. The van der Waals surface area contributed by atoms with Crippen LogP contribution in [0, 0.1) is 5.92 Å². The Morgan fingerprint density at radius 3 is 1.54 bits per heavy atom. The molecule has 1 unspecified atom stereocenters. The van der Waals surface area contributed by atoms with Crippen molar-refractivity contribution < 1.29 is 23.4 Å². The summed E-state index contributed by atoms with van der Waals surface area (Å²) < 4.78 is 27.3. The summed E-state index contributed by atoms with van der Waals surface area (Å²) in [4.78, 5) is 13.3. The van der Waals surface area contributed by atoms with E-state index in [4.69, 9.17) is 18.6 Å². The molecule has 3 atom stereocenters. The summed E-state index contributed by atoms with van der Waals surface area (Å²) >= 11 is 0. The lowest BCUT2D eigenvalue weighted by Crippen LogP contribution is -2.68. The SMILES string of the molecule is CCCCCC[C@@H](COC(c1ccccc1)(c1ccccc1)c1ccccc1)[C@H]1OC(=O)OC1(C)CO[Si](c1ccccc1)(c1ccccc1)C(C)(C)C. The van der Waals surface area contributed by atoms with E-state index in [0.717, 1.165) is 48.8 Å². The highest BCUT2D eigenvalue weighted by Crippen LogP contribution is 2.44. The van der Waals surface area contributed by atoms with Gasteiger partial charge in [-0.15, -0.1) is 0 Å². The lowest BCUT2D eigenvalue weighted by atomic mass is 9.79. The maximum absolute atomic E-state index is 13.3. The normalized spacial score (nSPS) is 18.2. The summed E-state index contributed by atoms with van der Waals surface area (Å²) in [6.45, 7) is 11.5. The fourth-order valence-corrected chi connectivity index (χ4v) is 13.0. The average molecular weight is 741 g/mol. The third kappa shape index (κ3) is 8.12. The van der Waals surface area contributed by atoms with Crippen LogP contribution in [0.5, 0.6) is 0 Å². The molecule has 0 radical (unpaired) electrons. The molecule has 0 amide bonds. The quantitative estimate of drug-likeness (QED) is 0.0411. The molecule has 54 heavy (non-hydrogen) atoms. The van der Waals surface area contributed by atoms with Gasteiger partial charge in [-0.2, -0.15) is 0 Å². The highest BCUT2D eigenvalue weighted by molar-refractivity contribution is 6.99. The zero-order valence-electron chi connectivity index (χ0n) is 32.6. The number of cyclic esters (lactones) is 2. The van der Waals surface area contributed by atoms with Crippen LogP contribution < -0.4 is 10.4 Å². The van der Waals surface area contributed by atoms with E-state index in [1.165, 1.54) is 10.4 Å². The fourth-order valence-electron chi connectivity index (χ4n) is 8.38. The van der Waals surface area contributed by atoms with Crippen molar-refractivity contribution >= 4 is 24.8 Å². The Bertz CT molecular complexity index is 1740. The van der Waals surface area contributed by atoms with Crippen LogP contribution in [-0.2, 0) is 24.2 Å². The molecule has 1 heterocycles. The van der Waals surface area contributed by atoms with Crippen molar-refractivity contribution in [2.75, 3.05) is 13.2 Å². The van der Waals surface area contributed by atoms with Crippen LogP contribution in [0.1, 0.15) is 83.4 Å². The standard InChI is InChI=1S/C48H56O5Si/c1-6-7-8-14-25-38(36-50-48(39-26-15-9-16-27-39,40-28-17-10-18-29-40)41-30-19-11-20-31-41)44-47(5,53-45(49)52-44)37-51-54(46(2,3)4,42-32-21-12-22-33-42)43-34-23-13-24-35-43/h9-13,15-24,26-35,38,44H,6-8,14,25,36-37H2,1-5H3/t38-,44+,47?/m0/s1. The number of carbonyl (C=O) groups excluding carboxylic acids is 1. The third-order valence-corrected chi connectivity index (χ3v) is 16.0. The molecule has 1 saturated heterocycles. The molecule has 6 heteroatoms. The van der Waals surface area contributed by atoms with Gasteiger partial charge in [0.25, 0.3) is 8.32 Å². The molecule has 0 spiro atoms. The second kappa shape index (κ2) is 17.3. The number of benzene rings is 5. The second-order valence-corrected chi connectivity index (χ2v) is 20.2. The molecule has 5 aromatic rings. The molecule has 0 N–H and O–H groups in total. The zero-order valence-corrected chi connectivity index (χ0v) is 33.6. The van der Waals surface area contributed by atoms with Crippen LogP contribution in [-0.4, -0.2) is 39.4 Å². The smallest absolute Gasteiger partial charge is 0.426 e. The first-order valence-electron chi connectivity index (χ1n) is 19.6. The van der Waals surface area contributed by atoms with Gasteiger partial charge in [0, 0.05) is 5.92 Å². The van der Waals surface area contributed by atoms with E-state index in [9.17, 15) is 4.79 Å². The molecular formula is C48H56O5Si. The lowest BCUT2D eigenvalue weighted by Gasteiger charge is -2.45. The predicted octanol–water partition coefficient (Wildman–Crippen LogP) is 10.5. The van der Waals surface area contributed by atoms with Crippen molar-refractivity contribution in [1.29, 1.82) is 0 Å². The molecule has 5 nitrogen and oxygen atoms in total. The van der Waals surface area contributed by atoms with Crippen molar-refractivity contribution in [1.82, 2.24) is 0 Å². The van der Waals surface area contributed by atoms with Gasteiger partial charge in [0.1, 0.15) is 5.60 Å². The van der Waals surface area contributed by atoms with Gasteiger partial charge in [0.2, 0.25) is 0 Å². The molecule has 0 bridgehead atoms. The summed E-state index contributed by atoms with van der Waals surface area (Å²) in [5, 5.41) is 2.10. The van der Waals surface area contributed by atoms with Crippen LogP contribution in [0.25, 0.3) is 0 Å². The van der Waals surface area contributed by atoms with Crippen LogP contribution >= 0.6 is 0 Å². The molecule has 282 valence electrons. The average Bonchev–Trinajstić information content (AvgIpc) is 3.50. The Labute approximate surface area is 323 Å². The number of hydrogen-bond acceptors (Lipinski definition) is 5. The van der Waals surface area contributed by atoms with Crippen molar-refractivity contribution in [2.24, 2.45) is 5.92 Å². The largest absolute Gasteiger partial charge is 0.509 e. The molecule has 5 aromatic carbocycles. The van der Waals surface area contributed by atoms with Crippen LogP contribution in [0.4, 0.5) is 4.79 Å². The van der Waals surface area contributed by atoms with E-state index >= 15 is 0 Å². The van der Waals surface area contributed by atoms with Gasteiger partial charge in [-0.1, -0.05) is 205 Å². The van der Waals surface area contributed by atoms with E-state index in [1.54, 1.807) is 0 Å². The molecular weight excluding hydrogens is 685 g/mol. The second-order valence-electron chi connectivity index (χ2n) is 15.9. The molecule has 0 saturated carbocycles. The van der Waals surface area contributed by atoms with Gasteiger partial charge in [0.15, 0.2) is 11.7 Å². The van der Waals surface area contributed by atoms with E-state index in [2.05, 4.69) is 149 Å². The summed E-state index contributed by atoms with van der Waals surface area (Å²) in [5.41, 5.74) is 1.13. The van der Waals surface area contributed by atoms with Gasteiger partial charge < -0.3 is 18.6 Å². The maximum atomic E-state index is 13.3. The zero-order chi connectivity index (χ0) is 38.1. The maximum Gasteiger partial charge on any atom is 0.509 e. The van der Waals surface area contributed by atoms with E-state index < -0.39 is 31.8 Å². The number of ether oxygens (including phenoxy) is 3. The Kier molecular flexibility index (Phi) is 12.6. The van der Waals surface area contributed by atoms with Crippen LogP contribution in [0.2, 0.25) is 5.04 Å². The van der Waals surface area contributed by atoms with E-state index in [-0.39, 0.29) is 17.6 Å². The van der Waals surface area contributed by atoms with Crippen LogP contribution in [0.3, 0.4) is 0 Å². The summed E-state index contributed by atoms with van der Waals surface area (Å²) in [6.07, 6.45) is 3.90. The van der Waals surface area contributed by atoms with Crippen molar-refractivity contribution in [3.05, 3.63) is 168 Å². The molecule has 0 aliphatic carbocycles. The van der Waals surface area contributed by atoms with Crippen molar-refractivity contribution in [2.45, 2.75) is 89.1 Å². The first-order chi connectivity index (χ1) is 26.1. The minimum atomic E-state index is -2.95. The Hall–Kier alpha value is -4.49. The highest BCUT2D eigenvalue weighted by Gasteiger charge is 2.56. The monoisotopic (exact) mass is 740 g/mol. The summed E-state index contributed by atoms with van der Waals surface area (Å²) in [7, 11) is -2.95. The Morgan fingerprint density at radius 2 is 1.11 bits per heavy atom. The Morgan fingerprint density at radius 1 is 0.667 bits per heavy atom. The Balaban J connectivity index is 1.40. The first-order valence-corrected chi connectivity index (χ1v) is 21.5. The number of carbonyl (C=O) groups is 1.